The van der Waals surface area contributed by atoms with Crippen molar-refractivity contribution in [2.24, 2.45) is 0 Å². The molecule has 9 heteroatoms. The van der Waals surface area contributed by atoms with E-state index in [9.17, 15) is 22.8 Å². The average molecular weight is 436 g/mol. The molecule has 0 spiro atoms. The van der Waals surface area contributed by atoms with E-state index in [1.807, 2.05) is 5.32 Å². The molecule has 6 nitrogen and oxygen atoms in total. The second kappa shape index (κ2) is 9.82. The van der Waals surface area contributed by atoms with Crippen molar-refractivity contribution in [2.75, 3.05) is 25.1 Å². The predicted molar refractivity (Wildman–Crippen MR) is 108 cm³/mol. The number of halogens is 3. The van der Waals surface area contributed by atoms with Crippen LogP contribution in [0.3, 0.4) is 0 Å². The van der Waals surface area contributed by atoms with E-state index in [1.165, 1.54) is 12.1 Å². The van der Waals surface area contributed by atoms with Gasteiger partial charge in [0, 0.05) is 23.4 Å². The normalized spacial score (nSPS) is 16.1. The predicted octanol–water partition coefficient (Wildman–Crippen LogP) is 4.10. The number of benzene rings is 2. The molecule has 1 fully saturated rings. The molecule has 166 valence electrons. The quantitative estimate of drug-likeness (QED) is 0.685. The lowest BCUT2D eigenvalue weighted by atomic mass is 10.1. The number of hydrogen-bond donors (Lipinski definition) is 2. The van der Waals surface area contributed by atoms with Crippen LogP contribution in [0.1, 0.15) is 39.1 Å². The van der Waals surface area contributed by atoms with Crippen LogP contribution in [0.15, 0.2) is 42.5 Å². The van der Waals surface area contributed by atoms with Crippen LogP contribution in [0.25, 0.3) is 0 Å². The standard InChI is InChI=1S/C22H23F3N2O4/c1-14-4-5-16(20(28)26-13-22(23,24)25)11-19(14)27-21(29)15-6-8-17(9-7-15)31-12-18-3-2-10-30-18/h4-9,11,18H,2-3,10,12-13H2,1H3,(H,26,28)(H,27,29). The fourth-order valence-electron chi connectivity index (χ4n) is 3.04. The third-order valence-corrected chi connectivity index (χ3v) is 4.77. The minimum absolute atomic E-state index is 0.0167. The molecule has 0 bridgehead atoms. The highest BCUT2D eigenvalue weighted by Crippen LogP contribution is 2.21. The lowest BCUT2D eigenvalue weighted by molar-refractivity contribution is -0.123. The highest BCUT2D eigenvalue weighted by Gasteiger charge is 2.28. The Morgan fingerprint density at radius 3 is 2.45 bits per heavy atom. The van der Waals surface area contributed by atoms with Crippen LogP contribution in [0.2, 0.25) is 0 Å². The van der Waals surface area contributed by atoms with Gasteiger partial charge in [0.2, 0.25) is 0 Å². The Hall–Kier alpha value is -3.07. The minimum Gasteiger partial charge on any atom is -0.491 e. The summed E-state index contributed by atoms with van der Waals surface area (Å²) in [5.74, 6) is -0.672. The molecule has 2 amide bonds. The Kier molecular flexibility index (Phi) is 7.17. The Balaban J connectivity index is 1.60. The van der Waals surface area contributed by atoms with Gasteiger partial charge in [-0.15, -0.1) is 0 Å². The topological polar surface area (TPSA) is 76.7 Å². The number of ether oxygens (including phenoxy) is 2. The number of carbonyl (C=O) groups is 2. The van der Waals surface area contributed by atoms with Crippen molar-refractivity contribution in [2.45, 2.75) is 32.0 Å². The first-order chi connectivity index (χ1) is 14.7. The van der Waals surface area contributed by atoms with Gasteiger partial charge in [0.1, 0.15) is 18.9 Å². The summed E-state index contributed by atoms with van der Waals surface area (Å²) in [6.07, 6.45) is -2.42. The van der Waals surface area contributed by atoms with Gasteiger partial charge in [-0.1, -0.05) is 6.07 Å². The maximum Gasteiger partial charge on any atom is 0.405 e. The van der Waals surface area contributed by atoms with Crippen molar-refractivity contribution >= 4 is 17.5 Å². The molecule has 31 heavy (non-hydrogen) atoms. The average Bonchev–Trinajstić information content (AvgIpc) is 3.25. The van der Waals surface area contributed by atoms with E-state index in [0.717, 1.165) is 19.4 Å². The number of aryl methyl sites for hydroxylation is 1. The summed E-state index contributed by atoms with van der Waals surface area (Å²) in [7, 11) is 0. The molecule has 3 rings (SSSR count). The van der Waals surface area contributed by atoms with Crippen LogP contribution in [0, 0.1) is 6.92 Å². The maximum atomic E-state index is 12.6. The monoisotopic (exact) mass is 436 g/mol. The molecule has 1 atom stereocenters. The summed E-state index contributed by atoms with van der Waals surface area (Å²) in [6, 6.07) is 10.9. The van der Waals surface area contributed by atoms with Gasteiger partial charge in [-0.3, -0.25) is 9.59 Å². The first-order valence-electron chi connectivity index (χ1n) is 9.83. The summed E-state index contributed by atoms with van der Waals surface area (Å²) < 4.78 is 48.1. The van der Waals surface area contributed by atoms with Crippen molar-refractivity contribution in [1.29, 1.82) is 0 Å². The molecule has 1 aliphatic heterocycles. The third kappa shape index (κ3) is 6.71. The number of amides is 2. The Labute approximate surface area is 177 Å². The molecular weight excluding hydrogens is 413 g/mol. The Morgan fingerprint density at radius 2 is 1.81 bits per heavy atom. The number of nitrogens with one attached hydrogen (secondary N) is 2. The largest absolute Gasteiger partial charge is 0.491 e. The fourth-order valence-corrected chi connectivity index (χ4v) is 3.04. The number of anilines is 1. The number of hydrogen-bond acceptors (Lipinski definition) is 4. The SMILES string of the molecule is Cc1ccc(C(=O)NCC(F)(F)F)cc1NC(=O)c1ccc(OCC2CCCO2)cc1. The van der Waals surface area contributed by atoms with Gasteiger partial charge in [-0.25, -0.2) is 0 Å². The highest BCUT2D eigenvalue weighted by atomic mass is 19.4. The van der Waals surface area contributed by atoms with Crippen molar-refractivity contribution in [1.82, 2.24) is 5.32 Å². The van der Waals surface area contributed by atoms with Gasteiger partial charge in [-0.05, 0) is 61.7 Å². The molecule has 0 aliphatic carbocycles. The second-order valence-corrected chi connectivity index (χ2v) is 7.25. The van der Waals surface area contributed by atoms with Gasteiger partial charge < -0.3 is 20.1 Å². The molecule has 2 N–H and O–H groups in total. The first kappa shape index (κ1) is 22.6. The second-order valence-electron chi connectivity index (χ2n) is 7.25. The number of carbonyl (C=O) groups excluding carboxylic acids is 2. The summed E-state index contributed by atoms with van der Waals surface area (Å²) in [5.41, 5.74) is 1.39. The fraction of sp³-hybridized carbons (Fsp3) is 0.364. The van der Waals surface area contributed by atoms with E-state index < -0.39 is 24.5 Å². The van der Waals surface area contributed by atoms with Crippen LogP contribution in [-0.2, 0) is 4.74 Å². The third-order valence-electron chi connectivity index (χ3n) is 4.77. The highest BCUT2D eigenvalue weighted by molar-refractivity contribution is 6.05. The van der Waals surface area contributed by atoms with Gasteiger partial charge in [0.25, 0.3) is 11.8 Å². The molecule has 2 aromatic rings. The Morgan fingerprint density at radius 1 is 1.10 bits per heavy atom. The van der Waals surface area contributed by atoms with Crippen LogP contribution in [0.4, 0.5) is 18.9 Å². The lowest BCUT2D eigenvalue weighted by Gasteiger charge is -2.13. The lowest BCUT2D eigenvalue weighted by Crippen LogP contribution is -2.33. The van der Waals surface area contributed by atoms with Crippen LogP contribution in [-0.4, -0.2) is 43.9 Å². The van der Waals surface area contributed by atoms with Gasteiger partial charge in [0.05, 0.1) is 6.10 Å². The van der Waals surface area contributed by atoms with E-state index in [4.69, 9.17) is 9.47 Å². The Bertz CT molecular complexity index is 923. The molecule has 1 unspecified atom stereocenters. The summed E-state index contributed by atoms with van der Waals surface area (Å²) in [6.45, 7) is 1.49. The van der Waals surface area contributed by atoms with Crippen molar-refractivity contribution < 1.29 is 32.2 Å². The number of alkyl halides is 3. The van der Waals surface area contributed by atoms with Gasteiger partial charge >= 0.3 is 6.18 Å². The zero-order chi connectivity index (χ0) is 22.4. The van der Waals surface area contributed by atoms with Crippen LogP contribution < -0.4 is 15.4 Å². The first-order valence-corrected chi connectivity index (χ1v) is 9.83. The van der Waals surface area contributed by atoms with E-state index in [-0.39, 0.29) is 11.7 Å². The summed E-state index contributed by atoms with van der Waals surface area (Å²) in [5, 5.41) is 4.50. The maximum absolute atomic E-state index is 12.6. The zero-order valence-corrected chi connectivity index (χ0v) is 16.9. The molecule has 0 aromatic heterocycles. The molecular formula is C22H23F3N2O4. The van der Waals surface area contributed by atoms with Crippen LogP contribution >= 0.6 is 0 Å². The van der Waals surface area contributed by atoms with E-state index in [1.54, 1.807) is 37.3 Å². The molecule has 2 aromatic carbocycles. The molecule has 1 heterocycles. The van der Waals surface area contributed by atoms with E-state index in [2.05, 4.69) is 5.32 Å². The van der Waals surface area contributed by atoms with E-state index >= 15 is 0 Å². The zero-order valence-electron chi connectivity index (χ0n) is 16.9. The molecule has 1 aliphatic rings. The minimum atomic E-state index is -4.50. The van der Waals surface area contributed by atoms with Crippen molar-refractivity contribution in [3.63, 3.8) is 0 Å². The van der Waals surface area contributed by atoms with E-state index in [0.29, 0.717) is 29.2 Å². The van der Waals surface area contributed by atoms with Gasteiger partial charge in [0.15, 0.2) is 0 Å². The number of rotatable bonds is 7. The summed E-state index contributed by atoms with van der Waals surface area (Å²) >= 11 is 0. The van der Waals surface area contributed by atoms with Gasteiger partial charge in [-0.2, -0.15) is 13.2 Å². The summed E-state index contributed by atoms with van der Waals surface area (Å²) in [4.78, 5) is 24.5. The molecule has 1 saturated heterocycles. The van der Waals surface area contributed by atoms with Crippen LogP contribution in [0.5, 0.6) is 5.75 Å². The smallest absolute Gasteiger partial charge is 0.405 e. The van der Waals surface area contributed by atoms with Crippen molar-refractivity contribution in [3.05, 3.63) is 59.2 Å². The molecule has 0 radical (unpaired) electrons. The van der Waals surface area contributed by atoms with Crippen molar-refractivity contribution in [3.8, 4) is 5.75 Å². The molecule has 0 saturated carbocycles.